The minimum Gasteiger partial charge on any atom is -0.495 e. The van der Waals surface area contributed by atoms with Crippen molar-refractivity contribution in [2.45, 2.75) is 26.4 Å². The molecule has 0 saturated carbocycles. The second kappa shape index (κ2) is 5.39. The van der Waals surface area contributed by atoms with Gasteiger partial charge in [-0.3, -0.25) is 0 Å². The van der Waals surface area contributed by atoms with E-state index < -0.39 is 0 Å². The second-order valence-electron chi connectivity index (χ2n) is 3.58. The topological polar surface area (TPSA) is 61.5 Å². The van der Waals surface area contributed by atoms with Crippen molar-refractivity contribution in [1.29, 1.82) is 0 Å². The van der Waals surface area contributed by atoms with Crippen molar-refractivity contribution in [1.82, 2.24) is 0 Å². The molecule has 16 heavy (non-hydrogen) atoms. The number of carbonyl (C=O) groups excluding carboxylic acids is 1. The quantitative estimate of drug-likeness (QED) is 0.628. The van der Waals surface area contributed by atoms with Crippen molar-refractivity contribution in [3.8, 4) is 5.75 Å². The summed E-state index contributed by atoms with van der Waals surface area (Å²) in [6.07, 6.45) is 0.703. The van der Waals surface area contributed by atoms with Gasteiger partial charge in [0.1, 0.15) is 5.75 Å². The van der Waals surface area contributed by atoms with Crippen LogP contribution in [0.15, 0.2) is 18.2 Å². The summed E-state index contributed by atoms with van der Waals surface area (Å²) in [7, 11) is 1.51. The Labute approximate surface area is 95.3 Å². The van der Waals surface area contributed by atoms with E-state index in [0.717, 1.165) is 6.42 Å². The van der Waals surface area contributed by atoms with Crippen molar-refractivity contribution in [3.63, 3.8) is 0 Å². The lowest BCUT2D eigenvalue weighted by atomic mass is 10.2. The van der Waals surface area contributed by atoms with E-state index in [1.807, 2.05) is 13.8 Å². The number of ether oxygens (including phenoxy) is 2. The molecule has 0 saturated heterocycles. The number of rotatable bonds is 4. The molecule has 0 aliphatic heterocycles. The maximum Gasteiger partial charge on any atom is 0.338 e. The van der Waals surface area contributed by atoms with Gasteiger partial charge in [0.05, 0.1) is 24.5 Å². The van der Waals surface area contributed by atoms with Crippen LogP contribution >= 0.6 is 0 Å². The molecule has 0 aromatic heterocycles. The van der Waals surface area contributed by atoms with E-state index in [-0.39, 0.29) is 12.1 Å². The highest BCUT2D eigenvalue weighted by molar-refractivity contribution is 5.90. The van der Waals surface area contributed by atoms with E-state index in [4.69, 9.17) is 15.2 Å². The average Bonchev–Trinajstić information content (AvgIpc) is 2.29. The zero-order chi connectivity index (χ0) is 12.1. The summed E-state index contributed by atoms with van der Waals surface area (Å²) in [5.41, 5.74) is 6.60. The van der Waals surface area contributed by atoms with Gasteiger partial charge in [0.25, 0.3) is 0 Å². The van der Waals surface area contributed by atoms with Crippen LogP contribution < -0.4 is 10.5 Å². The number of methoxy groups -OCH3 is 1. The Morgan fingerprint density at radius 1 is 1.50 bits per heavy atom. The van der Waals surface area contributed by atoms with Crippen LogP contribution in [0, 0.1) is 0 Å². The van der Waals surface area contributed by atoms with Gasteiger partial charge in [0, 0.05) is 0 Å². The summed E-state index contributed by atoms with van der Waals surface area (Å²) >= 11 is 0. The lowest BCUT2D eigenvalue weighted by Gasteiger charge is -2.11. The molecule has 0 bridgehead atoms. The zero-order valence-corrected chi connectivity index (χ0v) is 9.82. The van der Waals surface area contributed by atoms with Gasteiger partial charge in [0.15, 0.2) is 0 Å². The fraction of sp³-hybridized carbons (Fsp3) is 0.417. The molecule has 88 valence electrons. The Morgan fingerprint density at radius 2 is 2.19 bits per heavy atom. The lowest BCUT2D eigenvalue weighted by Crippen LogP contribution is -2.14. The van der Waals surface area contributed by atoms with E-state index in [2.05, 4.69) is 0 Å². The molecule has 0 aliphatic rings. The summed E-state index contributed by atoms with van der Waals surface area (Å²) in [4.78, 5) is 11.7. The first-order valence-electron chi connectivity index (χ1n) is 5.23. The monoisotopic (exact) mass is 223 g/mol. The van der Waals surface area contributed by atoms with E-state index in [9.17, 15) is 4.79 Å². The molecule has 0 aliphatic carbocycles. The molecule has 4 nitrogen and oxygen atoms in total. The lowest BCUT2D eigenvalue weighted by molar-refractivity contribution is 0.0334. The van der Waals surface area contributed by atoms with Crippen molar-refractivity contribution in [2.75, 3.05) is 12.8 Å². The van der Waals surface area contributed by atoms with Crippen LogP contribution in [0.25, 0.3) is 0 Å². The Kier molecular flexibility index (Phi) is 4.17. The minimum absolute atomic E-state index is 0.0870. The standard InChI is InChI=1S/C12H17NO3/c1-4-8(2)16-12(14)9-5-6-10(13)11(7-9)15-3/h5-8H,4,13H2,1-3H3. The molecule has 0 fully saturated rings. The summed E-state index contributed by atoms with van der Waals surface area (Å²) in [5, 5.41) is 0. The molecule has 1 atom stereocenters. The summed E-state index contributed by atoms with van der Waals surface area (Å²) in [5.74, 6) is 0.131. The third-order valence-corrected chi connectivity index (χ3v) is 2.35. The highest BCUT2D eigenvalue weighted by Crippen LogP contribution is 2.22. The Morgan fingerprint density at radius 3 is 2.75 bits per heavy atom. The fourth-order valence-electron chi connectivity index (χ4n) is 1.17. The van der Waals surface area contributed by atoms with Crippen LogP contribution in [-0.4, -0.2) is 19.2 Å². The first kappa shape index (κ1) is 12.4. The van der Waals surface area contributed by atoms with Crippen LogP contribution in [0.1, 0.15) is 30.6 Å². The Bertz CT molecular complexity index is 377. The third kappa shape index (κ3) is 2.89. The largest absolute Gasteiger partial charge is 0.495 e. The van der Waals surface area contributed by atoms with Crippen molar-refractivity contribution < 1.29 is 14.3 Å². The SMILES string of the molecule is CCC(C)OC(=O)c1ccc(N)c(OC)c1. The highest BCUT2D eigenvalue weighted by atomic mass is 16.5. The first-order valence-corrected chi connectivity index (χ1v) is 5.23. The van der Waals surface area contributed by atoms with Gasteiger partial charge in [-0.15, -0.1) is 0 Å². The summed E-state index contributed by atoms with van der Waals surface area (Å²) < 4.78 is 10.2. The van der Waals surface area contributed by atoms with E-state index in [1.54, 1.807) is 18.2 Å². The molecule has 2 N–H and O–H groups in total. The number of hydrogen-bond acceptors (Lipinski definition) is 4. The molecule has 1 rings (SSSR count). The molecule has 4 heteroatoms. The number of hydrogen-bond donors (Lipinski definition) is 1. The highest BCUT2D eigenvalue weighted by Gasteiger charge is 2.12. The van der Waals surface area contributed by atoms with Gasteiger partial charge in [-0.2, -0.15) is 0 Å². The minimum atomic E-state index is -0.354. The van der Waals surface area contributed by atoms with Crippen LogP contribution in [0.2, 0.25) is 0 Å². The molecular weight excluding hydrogens is 206 g/mol. The maximum absolute atomic E-state index is 11.7. The maximum atomic E-state index is 11.7. The molecule has 0 heterocycles. The van der Waals surface area contributed by atoms with Crippen LogP contribution in [0.3, 0.4) is 0 Å². The second-order valence-corrected chi connectivity index (χ2v) is 3.58. The molecule has 0 radical (unpaired) electrons. The number of nitrogens with two attached hydrogens (primary N) is 1. The Balaban J connectivity index is 2.84. The third-order valence-electron chi connectivity index (χ3n) is 2.35. The van der Waals surface area contributed by atoms with Crippen LogP contribution in [0.4, 0.5) is 5.69 Å². The van der Waals surface area contributed by atoms with Gasteiger partial charge < -0.3 is 15.2 Å². The van der Waals surface area contributed by atoms with E-state index >= 15 is 0 Å². The normalized spacial score (nSPS) is 11.9. The zero-order valence-electron chi connectivity index (χ0n) is 9.82. The van der Waals surface area contributed by atoms with Crippen molar-refractivity contribution in [3.05, 3.63) is 23.8 Å². The van der Waals surface area contributed by atoms with Gasteiger partial charge in [-0.05, 0) is 31.5 Å². The van der Waals surface area contributed by atoms with Gasteiger partial charge in [0.2, 0.25) is 0 Å². The van der Waals surface area contributed by atoms with Crippen LogP contribution in [0.5, 0.6) is 5.75 Å². The fourth-order valence-corrected chi connectivity index (χ4v) is 1.17. The van der Waals surface area contributed by atoms with Crippen molar-refractivity contribution in [2.24, 2.45) is 0 Å². The molecular formula is C12H17NO3. The molecule has 1 aromatic carbocycles. The smallest absolute Gasteiger partial charge is 0.338 e. The number of benzene rings is 1. The number of esters is 1. The van der Waals surface area contributed by atoms with Gasteiger partial charge >= 0.3 is 5.97 Å². The molecule has 0 spiro atoms. The van der Waals surface area contributed by atoms with E-state index in [1.165, 1.54) is 7.11 Å². The molecule has 1 aromatic rings. The predicted octanol–water partition coefficient (Wildman–Crippen LogP) is 2.23. The van der Waals surface area contributed by atoms with Crippen molar-refractivity contribution >= 4 is 11.7 Å². The van der Waals surface area contributed by atoms with E-state index in [0.29, 0.717) is 17.0 Å². The summed E-state index contributed by atoms with van der Waals surface area (Å²) in [6.45, 7) is 3.81. The predicted molar refractivity (Wildman–Crippen MR) is 62.6 cm³/mol. The number of carbonyl (C=O) groups is 1. The summed E-state index contributed by atoms with van der Waals surface area (Å²) in [6, 6.07) is 4.84. The first-order chi connectivity index (χ1) is 7.58. The average molecular weight is 223 g/mol. The number of anilines is 1. The molecule has 1 unspecified atom stereocenters. The van der Waals surface area contributed by atoms with Gasteiger partial charge in [-0.25, -0.2) is 4.79 Å². The Hall–Kier alpha value is -1.71. The van der Waals surface area contributed by atoms with Crippen LogP contribution in [-0.2, 0) is 4.74 Å². The number of nitrogen functional groups attached to an aromatic ring is 1. The van der Waals surface area contributed by atoms with Gasteiger partial charge in [-0.1, -0.05) is 6.92 Å². The molecule has 0 amide bonds.